The first kappa shape index (κ1) is 17.7. The van der Waals surface area contributed by atoms with E-state index in [1.165, 1.54) is 0 Å². The van der Waals surface area contributed by atoms with Crippen molar-refractivity contribution < 1.29 is 4.79 Å². The molecule has 1 saturated carbocycles. The first-order valence-corrected chi connectivity index (χ1v) is 8.72. The molecule has 5 heteroatoms. The minimum Gasteiger partial charge on any atom is -0.399 e. The molecule has 0 heterocycles. The number of hydrogen-bond acceptors (Lipinski definition) is 3. The van der Waals surface area contributed by atoms with Gasteiger partial charge in [0.15, 0.2) is 0 Å². The molecule has 1 aliphatic carbocycles. The predicted octanol–water partition coefficient (Wildman–Crippen LogP) is 3.10. The molecule has 0 unspecified atom stereocenters. The number of nitrogens with one attached hydrogen (secondary N) is 1. The van der Waals surface area contributed by atoms with E-state index in [-0.39, 0.29) is 17.7 Å². The van der Waals surface area contributed by atoms with Crippen molar-refractivity contribution in [2.75, 3.05) is 12.8 Å². The average Bonchev–Trinajstić information content (AvgIpc) is 3.47. The van der Waals surface area contributed by atoms with Crippen molar-refractivity contribution in [2.45, 2.75) is 19.8 Å². The van der Waals surface area contributed by atoms with Crippen LogP contribution in [0.1, 0.15) is 24.0 Å². The average molecular weight is 348 g/mol. The third-order valence-electron chi connectivity index (χ3n) is 4.47. The summed E-state index contributed by atoms with van der Waals surface area (Å²) in [6.45, 7) is 2.06. The molecule has 0 aliphatic heterocycles. The summed E-state index contributed by atoms with van der Waals surface area (Å²) < 4.78 is 0. The van der Waals surface area contributed by atoms with E-state index < -0.39 is 0 Å². The van der Waals surface area contributed by atoms with Crippen LogP contribution in [-0.2, 0) is 4.79 Å². The molecule has 0 spiro atoms. The highest BCUT2D eigenvalue weighted by Gasteiger charge is 2.29. The summed E-state index contributed by atoms with van der Waals surface area (Å²) in [5.74, 6) is 0.157. The van der Waals surface area contributed by atoms with Crippen molar-refractivity contribution >= 4 is 23.1 Å². The molecule has 1 aliphatic rings. The molecule has 3 rings (SSSR count). The lowest BCUT2D eigenvalue weighted by atomic mass is 9.97. The number of amidine groups is 1. The number of aryl methyl sites for hydroxylation is 1. The van der Waals surface area contributed by atoms with Crippen molar-refractivity contribution in [1.29, 1.82) is 0 Å². The summed E-state index contributed by atoms with van der Waals surface area (Å²) in [4.78, 5) is 15.8. The lowest BCUT2D eigenvalue weighted by molar-refractivity contribution is -0.118. The van der Waals surface area contributed by atoms with Gasteiger partial charge in [-0.25, -0.2) is 0 Å². The number of nitrogens with two attached hydrogens (primary N) is 2. The summed E-state index contributed by atoms with van der Waals surface area (Å²) in [5.41, 5.74) is 17.7. The Labute approximate surface area is 153 Å². The second kappa shape index (κ2) is 7.44. The number of carbonyl (C=O) groups excluding carboxylic acids is 1. The van der Waals surface area contributed by atoms with Crippen molar-refractivity contribution in [3.8, 4) is 11.1 Å². The van der Waals surface area contributed by atoms with Gasteiger partial charge in [-0.2, -0.15) is 4.99 Å². The molecule has 2 aromatic carbocycles. The van der Waals surface area contributed by atoms with Crippen LogP contribution >= 0.6 is 0 Å². The zero-order valence-corrected chi connectivity index (χ0v) is 15.1. The normalized spacial score (nSPS) is 15.0. The molecule has 26 heavy (non-hydrogen) atoms. The number of nitrogens with zero attached hydrogens (tertiary/aromatic N) is 1. The number of hydrogen-bond donors (Lipinski definition) is 3. The molecule has 5 nitrogen and oxygen atoms in total. The fourth-order valence-electron chi connectivity index (χ4n) is 2.83. The Bertz CT molecular complexity index is 895. The summed E-state index contributed by atoms with van der Waals surface area (Å²) in [6, 6.07) is 14.0. The molecule has 5 N–H and O–H groups in total. The van der Waals surface area contributed by atoms with Gasteiger partial charge in [-0.15, -0.1) is 0 Å². The molecule has 134 valence electrons. The lowest BCUT2D eigenvalue weighted by Gasteiger charge is -2.12. The van der Waals surface area contributed by atoms with Gasteiger partial charge in [0.05, 0.1) is 0 Å². The number of amides is 1. The van der Waals surface area contributed by atoms with Crippen molar-refractivity contribution in [3.05, 3.63) is 59.7 Å². The molecule has 0 bridgehead atoms. The maximum Gasteiger partial charge on any atom is 0.250 e. The van der Waals surface area contributed by atoms with Crippen LogP contribution in [0.4, 0.5) is 5.69 Å². The van der Waals surface area contributed by atoms with Gasteiger partial charge in [-0.3, -0.25) is 4.79 Å². The van der Waals surface area contributed by atoms with Gasteiger partial charge >= 0.3 is 0 Å². The molecular formula is C21H24N4O. The fraction of sp³-hybridized carbons (Fsp3) is 0.238. The van der Waals surface area contributed by atoms with Gasteiger partial charge in [0.25, 0.3) is 5.91 Å². The second-order valence-electron chi connectivity index (χ2n) is 6.61. The molecule has 0 radical (unpaired) electrons. The van der Waals surface area contributed by atoms with Gasteiger partial charge in [-0.1, -0.05) is 24.3 Å². The standard InChI is InChI=1S/C21H24N4O/c1-13-6-9-17(22)11-18(13)15-4-3-5-16(10-15)19(24-2)12-20(23)25-21(26)14-7-8-14/h3-6,9-12,14,24H,7-8,22H2,1-2H3,(H2,23,25,26)/b19-12-. The summed E-state index contributed by atoms with van der Waals surface area (Å²) in [6.07, 6.45) is 3.53. The van der Waals surface area contributed by atoms with E-state index >= 15 is 0 Å². The van der Waals surface area contributed by atoms with Crippen LogP contribution in [0.3, 0.4) is 0 Å². The van der Waals surface area contributed by atoms with E-state index in [1.54, 1.807) is 6.08 Å². The van der Waals surface area contributed by atoms with Crippen LogP contribution in [0, 0.1) is 12.8 Å². The summed E-state index contributed by atoms with van der Waals surface area (Å²) in [7, 11) is 1.82. The Morgan fingerprint density at radius 1 is 1.23 bits per heavy atom. The zero-order chi connectivity index (χ0) is 18.7. The molecule has 2 aromatic rings. The summed E-state index contributed by atoms with van der Waals surface area (Å²) >= 11 is 0. The highest BCUT2D eigenvalue weighted by Crippen LogP contribution is 2.30. The molecule has 0 atom stereocenters. The first-order chi connectivity index (χ1) is 12.5. The van der Waals surface area contributed by atoms with Gasteiger partial charge in [0.2, 0.25) is 0 Å². The molecule has 0 saturated heterocycles. The van der Waals surface area contributed by atoms with Crippen molar-refractivity contribution in [2.24, 2.45) is 16.6 Å². The van der Waals surface area contributed by atoms with E-state index in [1.807, 2.05) is 43.4 Å². The Morgan fingerprint density at radius 2 is 2.00 bits per heavy atom. The Balaban J connectivity index is 1.93. The second-order valence-corrected chi connectivity index (χ2v) is 6.61. The highest BCUT2D eigenvalue weighted by atomic mass is 16.1. The number of nitrogen functional groups attached to an aromatic ring is 1. The number of anilines is 1. The van der Waals surface area contributed by atoms with Crippen LogP contribution < -0.4 is 16.8 Å². The minimum atomic E-state index is -0.127. The van der Waals surface area contributed by atoms with Crippen LogP contribution in [-0.4, -0.2) is 18.8 Å². The monoisotopic (exact) mass is 348 g/mol. The smallest absolute Gasteiger partial charge is 0.250 e. The zero-order valence-electron chi connectivity index (χ0n) is 15.1. The lowest BCUT2D eigenvalue weighted by Crippen LogP contribution is -2.16. The largest absolute Gasteiger partial charge is 0.399 e. The fourth-order valence-corrected chi connectivity index (χ4v) is 2.83. The SMILES string of the molecule is CN/C(=C\C(N)=NC(=O)C1CC1)c1cccc(-c2cc(N)ccc2C)c1. The van der Waals surface area contributed by atoms with Crippen LogP contribution in [0.2, 0.25) is 0 Å². The molecule has 0 aromatic heterocycles. The predicted molar refractivity (Wildman–Crippen MR) is 107 cm³/mol. The van der Waals surface area contributed by atoms with Gasteiger partial charge in [-0.05, 0) is 60.2 Å². The van der Waals surface area contributed by atoms with Gasteiger partial charge in [0, 0.05) is 30.4 Å². The topological polar surface area (TPSA) is 93.5 Å². The Kier molecular flexibility index (Phi) is 5.07. The van der Waals surface area contributed by atoms with Crippen LogP contribution in [0.25, 0.3) is 16.8 Å². The molecule has 1 fully saturated rings. The Hall–Kier alpha value is -3.08. The van der Waals surface area contributed by atoms with E-state index in [0.717, 1.165) is 46.5 Å². The van der Waals surface area contributed by atoms with Gasteiger partial charge in [0.1, 0.15) is 5.84 Å². The number of benzene rings is 2. The van der Waals surface area contributed by atoms with Crippen LogP contribution in [0.15, 0.2) is 53.5 Å². The van der Waals surface area contributed by atoms with E-state index in [4.69, 9.17) is 11.5 Å². The van der Waals surface area contributed by atoms with E-state index in [0.29, 0.717) is 0 Å². The van der Waals surface area contributed by atoms with E-state index in [2.05, 4.69) is 23.3 Å². The van der Waals surface area contributed by atoms with E-state index in [9.17, 15) is 4.79 Å². The third-order valence-corrected chi connectivity index (χ3v) is 4.47. The van der Waals surface area contributed by atoms with Crippen molar-refractivity contribution in [3.63, 3.8) is 0 Å². The molecular weight excluding hydrogens is 324 g/mol. The maximum atomic E-state index is 11.8. The third kappa shape index (κ3) is 4.11. The first-order valence-electron chi connectivity index (χ1n) is 8.72. The van der Waals surface area contributed by atoms with Gasteiger partial charge < -0.3 is 16.8 Å². The number of aliphatic imine (C=N–C) groups is 1. The number of carbonyl (C=O) groups is 1. The maximum absolute atomic E-state index is 11.8. The summed E-state index contributed by atoms with van der Waals surface area (Å²) in [5, 5.41) is 3.14. The quantitative estimate of drug-likeness (QED) is 0.440. The van der Waals surface area contributed by atoms with Crippen molar-refractivity contribution in [1.82, 2.24) is 5.32 Å². The Morgan fingerprint density at radius 3 is 2.69 bits per heavy atom. The van der Waals surface area contributed by atoms with Crippen LogP contribution in [0.5, 0.6) is 0 Å². The minimum absolute atomic E-state index is 0.0647. The number of rotatable bonds is 5. The molecule has 1 amide bonds. The highest BCUT2D eigenvalue weighted by molar-refractivity contribution is 6.04.